The molecule has 1 aromatic carbocycles. The van der Waals surface area contributed by atoms with Gasteiger partial charge < -0.3 is 14.4 Å². The van der Waals surface area contributed by atoms with Crippen LogP contribution in [0.4, 0.5) is 0 Å². The molecule has 2 aliphatic rings. The van der Waals surface area contributed by atoms with E-state index in [1.165, 1.54) is 0 Å². The van der Waals surface area contributed by atoms with Crippen LogP contribution in [-0.2, 0) is 19.1 Å². The summed E-state index contributed by atoms with van der Waals surface area (Å²) in [4.78, 5) is 41.9. The first kappa shape index (κ1) is 24.2. The van der Waals surface area contributed by atoms with Crippen molar-refractivity contribution in [2.75, 3.05) is 32.8 Å². The molecule has 2 fully saturated rings. The first-order chi connectivity index (χ1) is 15.1. The van der Waals surface area contributed by atoms with Crippen molar-refractivity contribution in [3.05, 3.63) is 35.9 Å². The Morgan fingerprint density at radius 2 is 1.81 bits per heavy atom. The summed E-state index contributed by atoms with van der Waals surface area (Å²) in [7, 11) is 0. The number of benzene rings is 1. The van der Waals surface area contributed by atoms with Gasteiger partial charge in [-0.3, -0.25) is 19.3 Å². The molecular formula is C25H36N2O5. The second-order valence-corrected chi connectivity index (χ2v) is 10.2. The van der Waals surface area contributed by atoms with Crippen molar-refractivity contribution in [3.8, 4) is 0 Å². The number of amides is 1. The van der Waals surface area contributed by atoms with Crippen LogP contribution in [0.5, 0.6) is 0 Å². The van der Waals surface area contributed by atoms with E-state index >= 15 is 0 Å². The van der Waals surface area contributed by atoms with Crippen molar-refractivity contribution in [1.82, 2.24) is 9.80 Å². The van der Waals surface area contributed by atoms with Crippen molar-refractivity contribution in [3.63, 3.8) is 0 Å². The lowest BCUT2D eigenvalue weighted by Gasteiger charge is -2.39. The predicted molar refractivity (Wildman–Crippen MR) is 121 cm³/mol. The fourth-order valence-corrected chi connectivity index (χ4v) is 4.52. The van der Waals surface area contributed by atoms with E-state index in [0.29, 0.717) is 25.1 Å². The number of hydrogen-bond donors (Lipinski definition) is 0. The van der Waals surface area contributed by atoms with Crippen LogP contribution in [0, 0.1) is 5.41 Å². The number of piperidine rings is 1. The van der Waals surface area contributed by atoms with E-state index in [1.807, 2.05) is 50.8 Å². The molecule has 7 nitrogen and oxygen atoms in total. The molecule has 0 N–H and O–H groups in total. The Balaban J connectivity index is 1.54. The molecule has 0 aromatic heterocycles. The van der Waals surface area contributed by atoms with Gasteiger partial charge in [0.2, 0.25) is 0 Å². The zero-order valence-electron chi connectivity index (χ0n) is 19.8. The minimum atomic E-state index is -0.725. The minimum Gasteiger partial charge on any atom is -0.464 e. The molecular weight excluding hydrogens is 408 g/mol. The molecule has 1 amide bonds. The second kappa shape index (κ2) is 10.0. The fraction of sp³-hybridized carbons (Fsp3) is 0.640. The number of nitrogens with zero attached hydrogens (tertiary/aromatic N) is 2. The molecule has 176 valence electrons. The zero-order valence-corrected chi connectivity index (χ0v) is 19.8. The van der Waals surface area contributed by atoms with E-state index in [2.05, 4.69) is 0 Å². The molecule has 2 saturated heterocycles. The smallest absolute Gasteiger partial charge is 0.320 e. The Bertz CT molecular complexity index is 819. The Morgan fingerprint density at radius 1 is 1.09 bits per heavy atom. The Labute approximate surface area is 191 Å². The van der Waals surface area contributed by atoms with Crippen LogP contribution in [0.15, 0.2) is 30.3 Å². The van der Waals surface area contributed by atoms with Gasteiger partial charge in [0.05, 0.1) is 12.0 Å². The Kier molecular flexibility index (Phi) is 7.59. The fourth-order valence-electron chi connectivity index (χ4n) is 4.52. The average molecular weight is 445 g/mol. The van der Waals surface area contributed by atoms with Gasteiger partial charge in [-0.05, 0) is 72.1 Å². The lowest BCUT2D eigenvalue weighted by Crippen LogP contribution is -2.49. The van der Waals surface area contributed by atoms with Gasteiger partial charge in [0.15, 0.2) is 0 Å². The molecule has 2 aliphatic heterocycles. The van der Waals surface area contributed by atoms with Gasteiger partial charge in [-0.15, -0.1) is 0 Å². The molecule has 2 heterocycles. The van der Waals surface area contributed by atoms with E-state index in [-0.39, 0.29) is 37.0 Å². The lowest BCUT2D eigenvalue weighted by atomic mass is 9.81. The summed E-state index contributed by atoms with van der Waals surface area (Å²) in [6.07, 6.45) is 3.29. The monoisotopic (exact) mass is 444 g/mol. The van der Waals surface area contributed by atoms with Crippen molar-refractivity contribution >= 4 is 17.8 Å². The Morgan fingerprint density at radius 3 is 2.50 bits per heavy atom. The molecule has 0 aliphatic carbocycles. The molecule has 0 radical (unpaired) electrons. The number of hydrogen-bond acceptors (Lipinski definition) is 6. The molecule has 2 atom stereocenters. The largest absolute Gasteiger partial charge is 0.464 e. The molecule has 1 aromatic rings. The van der Waals surface area contributed by atoms with Gasteiger partial charge in [0.25, 0.3) is 5.91 Å². The zero-order chi connectivity index (χ0) is 23.4. The summed E-state index contributed by atoms with van der Waals surface area (Å²) in [6, 6.07) is 9.17. The van der Waals surface area contributed by atoms with E-state index < -0.39 is 11.0 Å². The van der Waals surface area contributed by atoms with Crippen LogP contribution in [0.3, 0.4) is 0 Å². The third-order valence-electron chi connectivity index (χ3n) is 6.16. The van der Waals surface area contributed by atoms with Gasteiger partial charge in [-0.25, -0.2) is 0 Å². The van der Waals surface area contributed by atoms with Crippen LogP contribution in [-0.4, -0.2) is 72.1 Å². The van der Waals surface area contributed by atoms with E-state index in [1.54, 1.807) is 17.0 Å². The van der Waals surface area contributed by atoms with Gasteiger partial charge >= 0.3 is 11.9 Å². The van der Waals surface area contributed by atoms with Gasteiger partial charge in [-0.2, -0.15) is 0 Å². The molecule has 32 heavy (non-hydrogen) atoms. The molecule has 3 rings (SSSR count). The second-order valence-electron chi connectivity index (χ2n) is 10.2. The average Bonchev–Trinajstić information content (AvgIpc) is 3.17. The third-order valence-corrected chi connectivity index (χ3v) is 6.16. The SMILES string of the molecule is CC(C)(C)OC(=O)CN1CCCC1COC(=O)C1(C)CCCN(C(=O)c2ccccc2)C1. The topological polar surface area (TPSA) is 76.2 Å². The maximum absolute atomic E-state index is 13.0. The number of rotatable bonds is 6. The van der Waals surface area contributed by atoms with Gasteiger partial charge in [0, 0.05) is 24.7 Å². The summed E-state index contributed by atoms with van der Waals surface area (Å²) >= 11 is 0. The van der Waals surface area contributed by atoms with Crippen LogP contribution in [0.2, 0.25) is 0 Å². The highest BCUT2D eigenvalue weighted by molar-refractivity contribution is 5.94. The molecule has 7 heteroatoms. The quantitative estimate of drug-likeness (QED) is 0.627. The Hall–Kier alpha value is -2.41. The standard InChI is InChI=1S/C25H36N2O5/c1-24(2,3)32-21(28)16-26-14-8-12-20(26)17-31-23(30)25(4)13-9-15-27(18-25)22(29)19-10-6-5-7-11-19/h5-7,10-11,20H,8-9,12-18H2,1-4H3. The maximum Gasteiger partial charge on any atom is 0.320 e. The van der Waals surface area contributed by atoms with E-state index in [4.69, 9.17) is 9.47 Å². The highest BCUT2D eigenvalue weighted by atomic mass is 16.6. The molecule has 0 spiro atoms. The predicted octanol–water partition coefficient (Wildman–Crippen LogP) is 3.28. The first-order valence-corrected chi connectivity index (χ1v) is 11.5. The summed E-state index contributed by atoms with van der Waals surface area (Å²) < 4.78 is 11.2. The first-order valence-electron chi connectivity index (χ1n) is 11.5. The lowest BCUT2D eigenvalue weighted by molar-refractivity contribution is -0.160. The molecule has 0 saturated carbocycles. The minimum absolute atomic E-state index is 0.0145. The summed E-state index contributed by atoms with van der Waals surface area (Å²) in [6.45, 7) is 9.68. The van der Waals surface area contributed by atoms with Crippen LogP contribution in [0.25, 0.3) is 0 Å². The maximum atomic E-state index is 13.0. The highest BCUT2D eigenvalue weighted by Crippen LogP contribution is 2.32. The summed E-state index contributed by atoms with van der Waals surface area (Å²) in [5.74, 6) is -0.583. The number of esters is 2. The van der Waals surface area contributed by atoms with Crippen molar-refractivity contribution in [2.24, 2.45) is 5.41 Å². The number of ether oxygens (including phenoxy) is 2. The van der Waals surface area contributed by atoms with Crippen molar-refractivity contribution < 1.29 is 23.9 Å². The number of carbonyl (C=O) groups excluding carboxylic acids is 3. The normalized spacial score (nSPS) is 24.2. The summed E-state index contributed by atoms with van der Waals surface area (Å²) in [5.41, 5.74) is -0.608. The van der Waals surface area contributed by atoms with E-state index in [0.717, 1.165) is 25.8 Å². The number of carbonyl (C=O) groups is 3. The third kappa shape index (κ3) is 6.31. The highest BCUT2D eigenvalue weighted by Gasteiger charge is 2.41. The molecule has 2 unspecified atom stereocenters. The summed E-state index contributed by atoms with van der Waals surface area (Å²) in [5, 5.41) is 0. The van der Waals surface area contributed by atoms with Crippen LogP contribution < -0.4 is 0 Å². The van der Waals surface area contributed by atoms with Gasteiger partial charge in [-0.1, -0.05) is 18.2 Å². The number of likely N-dealkylation sites (tertiary alicyclic amines) is 2. The van der Waals surface area contributed by atoms with Gasteiger partial charge in [0.1, 0.15) is 12.2 Å². The van der Waals surface area contributed by atoms with E-state index in [9.17, 15) is 14.4 Å². The van der Waals surface area contributed by atoms with Crippen LogP contribution >= 0.6 is 0 Å². The van der Waals surface area contributed by atoms with Crippen LogP contribution in [0.1, 0.15) is 63.7 Å². The molecule has 0 bridgehead atoms. The van der Waals surface area contributed by atoms with Crippen molar-refractivity contribution in [1.29, 1.82) is 0 Å². The van der Waals surface area contributed by atoms with Crippen molar-refractivity contribution in [2.45, 2.75) is 65.0 Å².